The highest BCUT2D eigenvalue weighted by molar-refractivity contribution is 7.91. The molecule has 0 radical (unpaired) electrons. The summed E-state index contributed by atoms with van der Waals surface area (Å²) in [5, 5.41) is 2.70. The second-order valence-electron chi connectivity index (χ2n) is 7.25. The molecule has 2 aliphatic rings. The summed E-state index contributed by atoms with van der Waals surface area (Å²) >= 11 is 0. The molecule has 2 heterocycles. The Balaban J connectivity index is 1.60. The second-order valence-corrected chi connectivity index (χ2v) is 9.55. The van der Waals surface area contributed by atoms with Crippen molar-refractivity contribution in [3.63, 3.8) is 0 Å². The summed E-state index contributed by atoms with van der Waals surface area (Å²) in [5.41, 5.74) is 1.49. The molecule has 1 spiro atoms. The van der Waals surface area contributed by atoms with Crippen LogP contribution < -0.4 is 5.32 Å². The third kappa shape index (κ3) is 4.15. The summed E-state index contributed by atoms with van der Waals surface area (Å²) < 4.78 is 23.3. The number of carbonyl (C=O) groups is 2. The number of nitrogens with zero attached hydrogens (tertiary/aromatic N) is 1. The number of rotatable bonds is 4. The zero-order valence-electron chi connectivity index (χ0n) is 14.7. The molecule has 2 amide bonds. The number of benzene rings is 1. The first-order valence-electron chi connectivity index (χ1n) is 8.81. The van der Waals surface area contributed by atoms with E-state index in [9.17, 15) is 18.0 Å². The molecule has 26 heavy (non-hydrogen) atoms. The summed E-state index contributed by atoms with van der Waals surface area (Å²) in [7, 11) is -2.89. The Bertz CT molecular complexity index is 800. The lowest BCUT2D eigenvalue weighted by Crippen LogP contribution is -2.37. The standard InChI is InChI=1S/C19H24N2O4S/c1-2-17(22)20-13-15-3-5-16(6-4-15)18(23)21-10-7-19(14-21)8-11-26(24,25)12-9-19/h2-6H,1,7-14H2,(H,20,22). The van der Waals surface area contributed by atoms with E-state index >= 15 is 0 Å². The van der Waals surface area contributed by atoms with E-state index in [0.717, 1.165) is 12.0 Å². The number of hydrogen-bond donors (Lipinski definition) is 1. The summed E-state index contributed by atoms with van der Waals surface area (Å²) in [6.07, 6.45) is 3.40. The fourth-order valence-electron chi connectivity index (χ4n) is 3.70. The molecule has 7 heteroatoms. The number of nitrogens with one attached hydrogen (secondary N) is 1. The highest BCUT2D eigenvalue weighted by Crippen LogP contribution is 2.41. The number of likely N-dealkylation sites (tertiary alicyclic amines) is 1. The summed E-state index contributed by atoms with van der Waals surface area (Å²) in [4.78, 5) is 25.8. The Hall–Kier alpha value is -2.15. The maximum atomic E-state index is 12.7. The number of amides is 2. The lowest BCUT2D eigenvalue weighted by Gasteiger charge is -2.33. The van der Waals surface area contributed by atoms with Crippen molar-refractivity contribution in [1.29, 1.82) is 0 Å². The van der Waals surface area contributed by atoms with Crippen LogP contribution in [0.5, 0.6) is 0 Å². The van der Waals surface area contributed by atoms with Crippen LogP contribution in [0.2, 0.25) is 0 Å². The van der Waals surface area contributed by atoms with Gasteiger partial charge < -0.3 is 10.2 Å². The van der Waals surface area contributed by atoms with E-state index in [2.05, 4.69) is 11.9 Å². The van der Waals surface area contributed by atoms with Gasteiger partial charge in [-0.15, -0.1) is 0 Å². The van der Waals surface area contributed by atoms with Crippen molar-refractivity contribution >= 4 is 21.7 Å². The maximum Gasteiger partial charge on any atom is 0.253 e. The van der Waals surface area contributed by atoms with Gasteiger partial charge in [0.05, 0.1) is 11.5 Å². The Morgan fingerprint density at radius 3 is 2.42 bits per heavy atom. The van der Waals surface area contributed by atoms with Gasteiger partial charge in [-0.1, -0.05) is 18.7 Å². The van der Waals surface area contributed by atoms with Gasteiger partial charge in [-0.2, -0.15) is 0 Å². The first kappa shape index (κ1) is 18.6. The SMILES string of the molecule is C=CC(=O)NCc1ccc(C(=O)N2CCC3(CCS(=O)(=O)CC3)C2)cc1. The van der Waals surface area contributed by atoms with Crippen LogP contribution in [0.1, 0.15) is 35.2 Å². The molecule has 2 saturated heterocycles. The Labute approximate surface area is 154 Å². The van der Waals surface area contributed by atoms with Crippen molar-refractivity contribution in [2.75, 3.05) is 24.6 Å². The predicted molar refractivity (Wildman–Crippen MR) is 99.3 cm³/mol. The highest BCUT2D eigenvalue weighted by atomic mass is 32.2. The van der Waals surface area contributed by atoms with Gasteiger partial charge >= 0.3 is 0 Å². The quantitative estimate of drug-likeness (QED) is 0.808. The van der Waals surface area contributed by atoms with Crippen LogP contribution in [0.25, 0.3) is 0 Å². The van der Waals surface area contributed by atoms with Crippen molar-refractivity contribution in [1.82, 2.24) is 10.2 Å². The van der Waals surface area contributed by atoms with E-state index in [0.29, 0.717) is 38.0 Å². The van der Waals surface area contributed by atoms with Crippen LogP contribution >= 0.6 is 0 Å². The van der Waals surface area contributed by atoms with Crippen LogP contribution in [0.15, 0.2) is 36.9 Å². The van der Waals surface area contributed by atoms with E-state index in [1.54, 1.807) is 12.1 Å². The molecule has 0 aliphatic carbocycles. The van der Waals surface area contributed by atoms with E-state index in [4.69, 9.17) is 0 Å². The van der Waals surface area contributed by atoms with Gasteiger partial charge in [-0.05, 0) is 48.4 Å². The van der Waals surface area contributed by atoms with Crippen molar-refractivity contribution in [2.24, 2.45) is 5.41 Å². The Morgan fingerprint density at radius 2 is 1.81 bits per heavy atom. The average molecular weight is 376 g/mol. The zero-order valence-corrected chi connectivity index (χ0v) is 15.6. The fraction of sp³-hybridized carbons (Fsp3) is 0.474. The van der Waals surface area contributed by atoms with Crippen molar-refractivity contribution in [2.45, 2.75) is 25.8 Å². The zero-order chi connectivity index (χ0) is 18.8. The Morgan fingerprint density at radius 1 is 1.15 bits per heavy atom. The molecule has 0 atom stereocenters. The minimum atomic E-state index is -2.89. The van der Waals surface area contributed by atoms with Gasteiger partial charge in [0.2, 0.25) is 5.91 Å². The molecule has 1 aromatic carbocycles. The third-order valence-electron chi connectivity index (χ3n) is 5.47. The lowest BCUT2D eigenvalue weighted by molar-refractivity contribution is -0.116. The van der Waals surface area contributed by atoms with Crippen LogP contribution in [0.4, 0.5) is 0 Å². The van der Waals surface area contributed by atoms with Crippen LogP contribution in [0, 0.1) is 5.41 Å². The molecule has 1 aromatic rings. The molecule has 0 unspecified atom stereocenters. The van der Waals surface area contributed by atoms with Gasteiger partial charge in [-0.25, -0.2) is 8.42 Å². The van der Waals surface area contributed by atoms with Crippen molar-refractivity contribution in [3.8, 4) is 0 Å². The smallest absolute Gasteiger partial charge is 0.253 e. The van der Waals surface area contributed by atoms with Crippen LogP contribution in [-0.2, 0) is 21.2 Å². The fourth-order valence-corrected chi connectivity index (χ4v) is 5.39. The topological polar surface area (TPSA) is 83.6 Å². The van der Waals surface area contributed by atoms with Crippen molar-refractivity contribution in [3.05, 3.63) is 48.0 Å². The molecule has 3 rings (SSSR count). The summed E-state index contributed by atoms with van der Waals surface area (Å²) in [6, 6.07) is 7.20. The highest BCUT2D eigenvalue weighted by Gasteiger charge is 2.43. The van der Waals surface area contributed by atoms with Gasteiger partial charge in [0.15, 0.2) is 0 Å². The minimum Gasteiger partial charge on any atom is -0.348 e. The molecule has 1 N–H and O–H groups in total. The maximum absolute atomic E-state index is 12.7. The number of carbonyl (C=O) groups excluding carboxylic acids is 2. The Kier molecular flexibility index (Phi) is 5.18. The van der Waals surface area contributed by atoms with Crippen LogP contribution in [-0.4, -0.2) is 49.7 Å². The molecule has 6 nitrogen and oxygen atoms in total. The molecule has 0 saturated carbocycles. The molecule has 140 valence electrons. The molecular weight excluding hydrogens is 352 g/mol. The largest absolute Gasteiger partial charge is 0.348 e. The van der Waals surface area contributed by atoms with E-state index in [1.165, 1.54) is 6.08 Å². The normalized spacial score (nSPS) is 20.7. The summed E-state index contributed by atoms with van der Waals surface area (Å²) in [5.74, 6) is 0.222. The average Bonchev–Trinajstić information content (AvgIpc) is 3.07. The predicted octanol–water partition coefficient (Wildman–Crippen LogP) is 1.53. The van der Waals surface area contributed by atoms with Crippen LogP contribution in [0.3, 0.4) is 0 Å². The minimum absolute atomic E-state index is 0.0167. The molecule has 0 aromatic heterocycles. The van der Waals surface area contributed by atoms with Gasteiger partial charge in [-0.3, -0.25) is 9.59 Å². The van der Waals surface area contributed by atoms with E-state index < -0.39 is 9.84 Å². The second kappa shape index (κ2) is 7.23. The van der Waals surface area contributed by atoms with E-state index in [-0.39, 0.29) is 28.7 Å². The molecular formula is C19H24N2O4S. The molecule has 2 aliphatic heterocycles. The lowest BCUT2D eigenvalue weighted by atomic mass is 9.81. The number of sulfone groups is 1. The van der Waals surface area contributed by atoms with Gasteiger partial charge in [0, 0.05) is 25.2 Å². The number of hydrogen-bond acceptors (Lipinski definition) is 4. The first-order chi connectivity index (χ1) is 12.3. The van der Waals surface area contributed by atoms with Gasteiger partial charge in [0.25, 0.3) is 5.91 Å². The van der Waals surface area contributed by atoms with E-state index in [1.807, 2.05) is 17.0 Å². The third-order valence-corrected chi connectivity index (χ3v) is 7.12. The van der Waals surface area contributed by atoms with Crippen molar-refractivity contribution < 1.29 is 18.0 Å². The molecule has 0 bridgehead atoms. The monoisotopic (exact) mass is 376 g/mol. The first-order valence-corrected chi connectivity index (χ1v) is 10.6. The molecule has 2 fully saturated rings. The van der Waals surface area contributed by atoms with Gasteiger partial charge in [0.1, 0.15) is 9.84 Å². The summed E-state index contributed by atoms with van der Waals surface area (Å²) in [6.45, 7) is 5.11.